The van der Waals surface area contributed by atoms with E-state index >= 15 is 0 Å². The van der Waals surface area contributed by atoms with Gasteiger partial charge in [-0.25, -0.2) is 14.2 Å². The van der Waals surface area contributed by atoms with Gasteiger partial charge in [0.05, 0.1) is 11.3 Å². The second-order valence-electron chi connectivity index (χ2n) is 7.34. The highest BCUT2D eigenvalue weighted by atomic mass is 16.4. The summed E-state index contributed by atoms with van der Waals surface area (Å²) in [5.41, 5.74) is 0.119. The molecule has 1 aromatic carbocycles. The highest BCUT2D eigenvalue weighted by molar-refractivity contribution is 5.86. The molecule has 0 aliphatic carbocycles. The second-order valence-corrected chi connectivity index (χ2v) is 7.34. The number of nitrogens with zero attached hydrogens (tertiary/aromatic N) is 2. The number of rotatable bonds is 7. The van der Waals surface area contributed by atoms with Crippen molar-refractivity contribution in [2.24, 2.45) is 0 Å². The molecule has 1 fully saturated rings. The molecule has 1 aromatic heterocycles. The Morgan fingerprint density at radius 1 is 1.11 bits per heavy atom. The highest BCUT2D eigenvalue weighted by Gasteiger charge is 2.22. The van der Waals surface area contributed by atoms with E-state index in [4.69, 9.17) is 0 Å². The van der Waals surface area contributed by atoms with Gasteiger partial charge in [0.25, 0.3) is 5.56 Å². The van der Waals surface area contributed by atoms with Gasteiger partial charge in [-0.05, 0) is 56.5 Å². The molecule has 2 N–H and O–H groups in total. The van der Waals surface area contributed by atoms with Gasteiger partial charge in [0.1, 0.15) is 5.69 Å². The minimum Gasteiger partial charge on any atom is -0.477 e. The largest absolute Gasteiger partial charge is 0.477 e. The molecular weight excluding hydrogens is 358 g/mol. The molecule has 2 heterocycles. The van der Waals surface area contributed by atoms with Gasteiger partial charge in [-0.2, -0.15) is 0 Å². The van der Waals surface area contributed by atoms with Gasteiger partial charge in [0.15, 0.2) is 0 Å². The van der Waals surface area contributed by atoms with E-state index < -0.39 is 17.2 Å². The van der Waals surface area contributed by atoms with Gasteiger partial charge in [0.2, 0.25) is 0 Å². The van der Waals surface area contributed by atoms with Crippen LogP contribution >= 0.6 is 0 Å². The lowest BCUT2D eigenvalue weighted by Gasteiger charge is -2.26. The van der Waals surface area contributed by atoms with Crippen LogP contribution in [-0.2, 0) is 13.0 Å². The van der Waals surface area contributed by atoms with E-state index in [0.717, 1.165) is 61.7 Å². The molecule has 0 radical (unpaired) electrons. The Bertz CT molecular complexity index is 938. The van der Waals surface area contributed by atoms with Gasteiger partial charge in [0, 0.05) is 6.54 Å². The van der Waals surface area contributed by atoms with Crippen LogP contribution in [0.1, 0.15) is 60.6 Å². The predicted octanol–water partition coefficient (Wildman–Crippen LogP) is 2.55. The summed E-state index contributed by atoms with van der Waals surface area (Å²) in [6, 6.07) is 7.30. The maximum atomic E-state index is 13.1. The molecule has 28 heavy (non-hydrogen) atoms. The molecule has 0 unspecified atom stereocenters. The highest BCUT2D eigenvalue weighted by Crippen LogP contribution is 2.14. The fourth-order valence-corrected chi connectivity index (χ4v) is 3.67. The molecule has 0 bridgehead atoms. The number of hydrogen-bond acceptors (Lipinski definition) is 4. The SMILES string of the molecule is CCCCc1ccc(-n2c(=O)[nH]c(C(=O)O)c(CN3CCCCC3)c2=O)cc1. The fraction of sp³-hybridized carbons (Fsp3) is 0.476. The third-order valence-corrected chi connectivity index (χ3v) is 5.26. The number of unbranched alkanes of at least 4 members (excludes halogenated alkanes) is 1. The predicted molar refractivity (Wildman–Crippen MR) is 107 cm³/mol. The van der Waals surface area contributed by atoms with E-state index in [9.17, 15) is 19.5 Å². The van der Waals surface area contributed by atoms with Crippen LogP contribution in [-0.4, -0.2) is 38.6 Å². The Morgan fingerprint density at radius 2 is 1.79 bits per heavy atom. The van der Waals surface area contributed by atoms with Crippen LogP contribution in [0.5, 0.6) is 0 Å². The number of likely N-dealkylation sites (tertiary alicyclic amines) is 1. The van der Waals surface area contributed by atoms with Crippen molar-refractivity contribution in [3.05, 3.63) is 61.9 Å². The van der Waals surface area contributed by atoms with Crippen LogP contribution in [0.4, 0.5) is 0 Å². The molecule has 1 aliphatic heterocycles. The van der Waals surface area contributed by atoms with Crippen molar-refractivity contribution in [1.29, 1.82) is 0 Å². The number of aryl methyl sites for hydroxylation is 1. The Hall–Kier alpha value is -2.67. The summed E-state index contributed by atoms with van der Waals surface area (Å²) in [6.45, 7) is 4.00. The summed E-state index contributed by atoms with van der Waals surface area (Å²) in [7, 11) is 0. The molecule has 7 nitrogen and oxygen atoms in total. The van der Waals surface area contributed by atoms with Crippen molar-refractivity contribution in [3.63, 3.8) is 0 Å². The lowest BCUT2D eigenvalue weighted by Crippen LogP contribution is -2.41. The minimum absolute atomic E-state index is 0.129. The number of aromatic nitrogens is 2. The lowest BCUT2D eigenvalue weighted by atomic mass is 10.1. The van der Waals surface area contributed by atoms with E-state index in [1.54, 1.807) is 12.1 Å². The van der Waals surface area contributed by atoms with Crippen LogP contribution in [0, 0.1) is 0 Å². The maximum absolute atomic E-state index is 13.1. The first kappa shape index (κ1) is 20.1. The van der Waals surface area contributed by atoms with Crippen LogP contribution in [0.3, 0.4) is 0 Å². The normalized spacial score (nSPS) is 14.9. The van der Waals surface area contributed by atoms with Crippen LogP contribution < -0.4 is 11.2 Å². The maximum Gasteiger partial charge on any atom is 0.352 e. The number of aromatic amines is 1. The molecule has 1 saturated heterocycles. The molecule has 0 amide bonds. The third kappa shape index (κ3) is 4.42. The first-order valence-corrected chi connectivity index (χ1v) is 9.94. The number of nitrogens with one attached hydrogen (secondary N) is 1. The second kappa shape index (κ2) is 9.01. The summed E-state index contributed by atoms with van der Waals surface area (Å²) in [5, 5.41) is 9.49. The van der Waals surface area contributed by atoms with Crippen molar-refractivity contribution in [1.82, 2.24) is 14.5 Å². The van der Waals surface area contributed by atoms with Crippen molar-refractivity contribution >= 4 is 5.97 Å². The number of piperidine rings is 1. The molecule has 150 valence electrons. The minimum atomic E-state index is -1.29. The van der Waals surface area contributed by atoms with Gasteiger partial charge < -0.3 is 10.1 Å². The Labute approximate surface area is 163 Å². The third-order valence-electron chi connectivity index (χ3n) is 5.26. The quantitative estimate of drug-likeness (QED) is 0.764. The van der Waals surface area contributed by atoms with E-state index in [0.29, 0.717) is 5.69 Å². The summed E-state index contributed by atoms with van der Waals surface area (Å²) in [6.07, 6.45) is 6.31. The Morgan fingerprint density at radius 3 is 2.39 bits per heavy atom. The number of H-pyrrole nitrogens is 1. The van der Waals surface area contributed by atoms with E-state index in [-0.39, 0.29) is 17.8 Å². The average Bonchev–Trinajstić information content (AvgIpc) is 2.70. The molecule has 1 aliphatic rings. The number of benzene rings is 1. The van der Waals surface area contributed by atoms with Crippen molar-refractivity contribution in [3.8, 4) is 5.69 Å². The monoisotopic (exact) mass is 385 g/mol. The summed E-state index contributed by atoms with van der Waals surface area (Å²) in [5.74, 6) is -1.29. The molecule has 2 aromatic rings. The zero-order valence-corrected chi connectivity index (χ0v) is 16.2. The van der Waals surface area contributed by atoms with Gasteiger partial charge in [-0.15, -0.1) is 0 Å². The van der Waals surface area contributed by atoms with Crippen LogP contribution in [0.2, 0.25) is 0 Å². The van der Waals surface area contributed by atoms with E-state index in [1.807, 2.05) is 12.1 Å². The van der Waals surface area contributed by atoms with Crippen molar-refractivity contribution in [2.45, 2.75) is 52.0 Å². The summed E-state index contributed by atoms with van der Waals surface area (Å²) < 4.78 is 1.04. The van der Waals surface area contributed by atoms with Crippen molar-refractivity contribution < 1.29 is 9.90 Å². The first-order valence-electron chi connectivity index (χ1n) is 9.94. The standard InChI is InChI=1S/C21H27N3O4/c1-2-3-7-15-8-10-16(11-9-15)24-19(25)17(14-23-12-5-4-6-13-23)18(20(26)27)22-21(24)28/h8-11H,2-7,12-14H2,1H3,(H,22,28)(H,26,27). The zero-order valence-electron chi connectivity index (χ0n) is 16.2. The topological polar surface area (TPSA) is 95.4 Å². The Balaban J connectivity index is 2.01. The molecule has 0 spiro atoms. The van der Waals surface area contributed by atoms with Gasteiger partial charge in [-0.1, -0.05) is 31.9 Å². The Kier molecular flexibility index (Phi) is 6.46. The smallest absolute Gasteiger partial charge is 0.352 e. The van der Waals surface area contributed by atoms with E-state index in [1.165, 1.54) is 0 Å². The molecule has 0 saturated carbocycles. The number of hydrogen-bond donors (Lipinski definition) is 2. The number of carbonyl (C=O) groups is 1. The number of carboxylic acid groups (broad SMARTS) is 1. The van der Waals surface area contributed by atoms with Crippen molar-refractivity contribution in [2.75, 3.05) is 13.1 Å². The summed E-state index contributed by atoms with van der Waals surface area (Å²) in [4.78, 5) is 41.7. The van der Waals surface area contributed by atoms with E-state index in [2.05, 4.69) is 16.8 Å². The van der Waals surface area contributed by atoms with Gasteiger partial charge in [-0.3, -0.25) is 9.69 Å². The molecule has 0 atom stereocenters. The number of carboxylic acids is 1. The number of aromatic carboxylic acids is 1. The molecular formula is C21H27N3O4. The average molecular weight is 385 g/mol. The molecule has 7 heteroatoms. The van der Waals surface area contributed by atoms with Crippen LogP contribution in [0.25, 0.3) is 5.69 Å². The first-order chi connectivity index (χ1) is 13.5. The molecule has 3 rings (SSSR count). The fourth-order valence-electron chi connectivity index (χ4n) is 3.67. The van der Waals surface area contributed by atoms with Gasteiger partial charge >= 0.3 is 11.7 Å². The summed E-state index contributed by atoms with van der Waals surface area (Å²) >= 11 is 0. The van der Waals surface area contributed by atoms with Crippen LogP contribution in [0.15, 0.2) is 33.9 Å². The lowest BCUT2D eigenvalue weighted by molar-refractivity contribution is 0.0686. The zero-order chi connectivity index (χ0) is 20.1.